The number of aromatic nitrogens is 4. The zero-order valence-electron chi connectivity index (χ0n) is 19.5. The Labute approximate surface area is 236 Å². The maximum Gasteiger partial charge on any atom is 1.00 e. The molecule has 16 heteroatoms. The summed E-state index contributed by atoms with van der Waals surface area (Å²) in [6.45, 7) is 0.972. The van der Waals surface area contributed by atoms with Crippen LogP contribution < -0.4 is 40.0 Å². The number of carbonyl (C=O) groups is 4. The van der Waals surface area contributed by atoms with Gasteiger partial charge in [0, 0.05) is 24.5 Å². The number of carboxylic acid groups (broad SMARTS) is 2. The van der Waals surface area contributed by atoms with Crippen LogP contribution in [0, 0.1) is 0 Å². The molecule has 2 aliphatic heterocycles. The van der Waals surface area contributed by atoms with Gasteiger partial charge in [-0.1, -0.05) is 42.1 Å². The van der Waals surface area contributed by atoms with Crippen molar-refractivity contribution < 1.29 is 64.1 Å². The normalized spacial score (nSPS) is 19.1. The Morgan fingerprint density at radius 3 is 2.50 bits per heavy atom. The van der Waals surface area contributed by atoms with Gasteiger partial charge in [-0.05, 0) is 28.5 Å². The van der Waals surface area contributed by atoms with Crippen molar-refractivity contribution in [2.45, 2.75) is 29.6 Å². The van der Waals surface area contributed by atoms with E-state index in [1.807, 2.05) is 0 Å². The summed E-state index contributed by atoms with van der Waals surface area (Å²) in [6, 6.07) is 7.46. The molecule has 2 aliphatic rings. The molecule has 0 radical (unpaired) electrons. The molecule has 0 spiro atoms. The monoisotopic (exact) mass is 544 g/mol. The third-order valence-corrected chi connectivity index (χ3v) is 7.30. The molecule has 36 heavy (non-hydrogen) atoms. The SMILES string of the molecule is CC(=O)[O-].Cn1nnnc1SCC1=C(C(=O)O)N2C(=O)[C@@H](NC(=O)C(O)c3ccccc3)[C@H]2SC1.[Na+]. The first-order valence-corrected chi connectivity index (χ1v) is 12.1. The van der Waals surface area contributed by atoms with Crippen molar-refractivity contribution in [3.05, 3.63) is 47.2 Å². The van der Waals surface area contributed by atoms with E-state index in [4.69, 9.17) is 9.90 Å². The van der Waals surface area contributed by atoms with Gasteiger partial charge in [-0.25, -0.2) is 9.48 Å². The molecule has 0 aliphatic carbocycles. The number of tetrazole rings is 1. The van der Waals surface area contributed by atoms with Crippen LogP contribution in [0.1, 0.15) is 18.6 Å². The van der Waals surface area contributed by atoms with Gasteiger partial charge in [0.1, 0.15) is 17.1 Å². The first-order valence-electron chi connectivity index (χ1n) is 10.1. The number of nitrogens with one attached hydrogen (secondary N) is 1. The van der Waals surface area contributed by atoms with E-state index in [0.29, 0.717) is 27.8 Å². The van der Waals surface area contributed by atoms with Gasteiger partial charge in [-0.15, -0.1) is 16.9 Å². The Bertz CT molecular complexity index is 1160. The first kappa shape index (κ1) is 29.8. The van der Waals surface area contributed by atoms with E-state index in [2.05, 4.69) is 20.8 Å². The fraction of sp³-hybridized carbons (Fsp3) is 0.350. The zero-order chi connectivity index (χ0) is 25.7. The molecule has 3 atom stereocenters. The second-order valence-corrected chi connectivity index (χ2v) is 9.38. The van der Waals surface area contributed by atoms with Crippen molar-refractivity contribution in [2.75, 3.05) is 11.5 Å². The van der Waals surface area contributed by atoms with Crippen molar-refractivity contribution in [1.82, 2.24) is 30.4 Å². The molecule has 2 aromatic rings. The topological polar surface area (TPSA) is 191 Å². The van der Waals surface area contributed by atoms with E-state index in [-0.39, 0.29) is 35.3 Å². The minimum Gasteiger partial charge on any atom is -0.550 e. The van der Waals surface area contributed by atoms with Gasteiger partial charge in [0.2, 0.25) is 5.16 Å². The first-order chi connectivity index (χ1) is 16.6. The predicted octanol–water partition coefficient (Wildman–Crippen LogP) is -4.47. The molecule has 3 N–H and O–H groups in total. The molecule has 13 nitrogen and oxygen atoms in total. The Kier molecular flexibility index (Phi) is 10.9. The number of β-lactam (4-membered cyclic amide) rings is 1. The van der Waals surface area contributed by atoms with Crippen LogP contribution in [0.5, 0.6) is 0 Å². The van der Waals surface area contributed by atoms with Crippen molar-refractivity contribution in [3.63, 3.8) is 0 Å². The molecule has 3 heterocycles. The minimum absolute atomic E-state index is 0. The number of aryl methyl sites for hydroxylation is 1. The van der Waals surface area contributed by atoms with E-state index >= 15 is 0 Å². The number of aliphatic carboxylic acids is 2. The van der Waals surface area contributed by atoms with Crippen LogP contribution in [-0.2, 0) is 26.2 Å². The van der Waals surface area contributed by atoms with Crippen molar-refractivity contribution in [1.29, 1.82) is 0 Å². The third kappa shape index (κ3) is 6.86. The number of nitrogens with zero attached hydrogens (tertiary/aromatic N) is 5. The summed E-state index contributed by atoms with van der Waals surface area (Å²) in [5, 5.41) is 42.5. The fourth-order valence-electron chi connectivity index (χ4n) is 3.31. The van der Waals surface area contributed by atoms with Gasteiger partial charge in [-0.2, -0.15) is 0 Å². The third-order valence-electron chi connectivity index (χ3n) is 4.87. The summed E-state index contributed by atoms with van der Waals surface area (Å²) in [5.41, 5.74) is 0.901. The van der Waals surface area contributed by atoms with Gasteiger partial charge in [0.15, 0.2) is 6.10 Å². The standard InChI is InChI=1S/C18H18N6O5S2.C2H4O2.Na/c1-23-18(20-21-22-23)31-8-10-7-30-16-11(15(27)24(16)12(10)17(28)29)19-14(26)13(25)9-5-3-2-4-6-9;1-2(3)4;/h2-6,11,13,16,25H,7-8H2,1H3,(H,19,26)(H,28,29);1H3,(H,3,4);/q;;+1/p-1/t11-,13?,16-;;/m1../s1. The van der Waals surface area contributed by atoms with Gasteiger partial charge in [0.05, 0.1) is 0 Å². The maximum absolute atomic E-state index is 12.7. The molecule has 0 saturated carbocycles. The fourth-order valence-corrected chi connectivity index (χ4v) is 5.64. The van der Waals surface area contributed by atoms with E-state index in [1.54, 1.807) is 37.4 Å². The molecule has 2 amide bonds. The Morgan fingerprint density at radius 1 is 1.31 bits per heavy atom. The molecule has 1 saturated heterocycles. The molecule has 1 fully saturated rings. The van der Waals surface area contributed by atoms with Gasteiger partial charge < -0.3 is 25.4 Å². The molecular formula is C20H21N6NaO7S2. The molecule has 4 rings (SSSR count). The summed E-state index contributed by atoms with van der Waals surface area (Å²) in [6.07, 6.45) is -1.42. The van der Waals surface area contributed by atoms with Crippen LogP contribution in [0.2, 0.25) is 0 Å². The second kappa shape index (κ2) is 13.2. The van der Waals surface area contributed by atoms with Crippen LogP contribution in [0.25, 0.3) is 0 Å². The van der Waals surface area contributed by atoms with Crippen LogP contribution >= 0.6 is 23.5 Å². The number of fused-ring (bicyclic) bond motifs is 1. The van der Waals surface area contributed by atoms with Crippen molar-refractivity contribution in [3.8, 4) is 0 Å². The number of rotatable bonds is 7. The Hall–Kier alpha value is -2.43. The van der Waals surface area contributed by atoms with Gasteiger partial charge in [-0.3, -0.25) is 14.5 Å². The number of hydrogen-bond acceptors (Lipinski definition) is 11. The molecule has 186 valence electrons. The number of benzene rings is 1. The zero-order valence-corrected chi connectivity index (χ0v) is 23.2. The summed E-state index contributed by atoms with van der Waals surface area (Å²) in [7, 11) is 1.68. The molecular weight excluding hydrogens is 523 g/mol. The predicted molar refractivity (Wildman–Crippen MR) is 121 cm³/mol. The summed E-state index contributed by atoms with van der Waals surface area (Å²) >= 11 is 2.64. The maximum atomic E-state index is 12.7. The number of thioether (sulfide) groups is 2. The number of carboxylic acids is 2. The average molecular weight is 545 g/mol. The quantitative estimate of drug-likeness (QED) is 0.172. The second-order valence-electron chi connectivity index (χ2n) is 7.33. The summed E-state index contributed by atoms with van der Waals surface area (Å²) in [5.74, 6) is -2.84. The van der Waals surface area contributed by atoms with Crippen molar-refractivity contribution in [2.24, 2.45) is 7.05 Å². The summed E-state index contributed by atoms with van der Waals surface area (Å²) < 4.78 is 1.48. The van der Waals surface area contributed by atoms with Gasteiger partial charge >= 0.3 is 35.5 Å². The van der Waals surface area contributed by atoms with Crippen LogP contribution in [0.15, 0.2) is 46.8 Å². The number of carbonyl (C=O) groups excluding carboxylic acids is 3. The van der Waals surface area contributed by atoms with E-state index in [9.17, 15) is 24.6 Å². The largest absolute Gasteiger partial charge is 1.00 e. The Balaban J connectivity index is 0.000000850. The van der Waals surface area contributed by atoms with Gasteiger partial charge in [0.25, 0.3) is 11.8 Å². The smallest absolute Gasteiger partial charge is 0.550 e. The summed E-state index contributed by atoms with van der Waals surface area (Å²) in [4.78, 5) is 47.1. The molecule has 1 aromatic carbocycles. The van der Waals surface area contributed by atoms with E-state index in [0.717, 1.165) is 6.92 Å². The molecule has 0 bridgehead atoms. The number of hydrogen-bond donors (Lipinski definition) is 3. The van der Waals surface area contributed by atoms with Crippen LogP contribution in [-0.4, -0.2) is 82.0 Å². The van der Waals surface area contributed by atoms with E-state index in [1.165, 1.54) is 33.1 Å². The Morgan fingerprint density at radius 2 is 1.94 bits per heavy atom. The van der Waals surface area contributed by atoms with Crippen molar-refractivity contribution >= 4 is 47.3 Å². The number of aliphatic hydroxyl groups excluding tert-OH is 1. The minimum atomic E-state index is -1.42. The number of amides is 2. The molecule has 1 aromatic heterocycles. The average Bonchev–Trinajstić information content (AvgIpc) is 3.24. The number of aliphatic hydroxyl groups is 1. The molecule has 1 unspecified atom stereocenters. The van der Waals surface area contributed by atoms with Crippen LogP contribution in [0.3, 0.4) is 0 Å². The van der Waals surface area contributed by atoms with E-state index < -0.39 is 41.3 Å². The van der Waals surface area contributed by atoms with Crippen LogP contribution in [0.4, 0.5) is 0 Å².